The lowest BCUT2D eigenvalue weighted by atomic mass is 9.90. The molecule has 1 saturated heterocycles. The summed E-state index contributed by atoms with van der Waals surface area (Å²) < 4.78 is 2.53. The maximum absolute atomic E-state index is 12.0. The minimum atomic E-state index is 0.0837. The van der Waals surface area contributed by atoms with Gasteiger partial charge < -0.3 is 10.6 Å². The summed E-state index contributed by atoms with van der Waals surface area (Å²) in [6, 6.07) is 0. The fourth-order valence-corrected chi connectivity index (χ4v) is 2.39. The summed E-state index contributed by atoms with van der Waals surface area (Å²) in [6.07, 6.45) is 4.47. The third kappa shape index (κ3) is 2.87. The molecule has 1 aromatic heterocycles. The van der Waals surface area contributed by atoms with Gasteiger partial charge in [0.15, 0.2) is 0 Å². The van der Waals surface area contributed by atoms with Gasteiger partial charge in [0.1, 0.15) is 6.54 Å². The van der Waals surface area contributed by atoms with Gasteiger partial charge in [-0.3, -0.25) is 9.48 Å². The highest BCUT2D eigenvalue weighted by atomic mass is 79.9. The normalized spacial score (nSPS) is 24.3. The summed E-state index contributed by atoms with van der Waals surface area (Å²) in [5.41, 5.74) is 5.81. The number of nitrogens with zero attached hydrogens (tertiary/aromatic N) is 3. The van der Waals surface area contributed by atoms with Crippen LogP contribution >= 0.6 is 15.9 Å². The number of likely N-dealkylation sites (tertiary alicyclic amines) is 1. The molecule has 5 nitrogen and oxygen atoms in total. The maximum Gasteiger partial charge on any atom is 0.244 e. The number of nitrogens with two attached hydrogens (primary N) is 1. The second-order valence-electron chi connectivity index (χ2n) is 4.94. The quantitative estimate of drug-likeness (QED) is 0.900. The van der Waals surface area contributed by atoms with Crippen LogP contribution in [0.2, 0.25) is 0 Å². The van der Waals surface area contributed by atoms with Gasteiger partial charge >= 0.3 is 0 Å². The van der Waals surface area contributed by atoms with Crippen LogP contribution in [0.3, 0.4) is 0 Å². The van der Waals surface area contributed by atoms with Crippen LogP contribution in [-0.4, -0.2) is 40.2 Å². The molecule has 94 valence electrons. The molecular formula is C11H17BrN4O. The van der Waals surface area contributed by atoms with E-state index < -0.39 is 0 Å². The monoisotopic (exact) mass is 300 g/mol. The van der Waals surface area contributed by atoms with Crippen molar-refractivity contribution in [2.75, 3.05) is 19.6 Å². The molecule has 0 radical (unpaired) electrons. The van der Waals surface area contributed by atoms with Gasteiger partial charge in [0.25, 0.3) is 0 Å². The Balaban J connectivity index is 1.94. The van der Waals surface area contributed by atoms with Crippen molar-refractivity contribution >= 4 is 21.8 Å². The van der Waals surface area contributed by atoms with Crippen LogP contribution in [0.15, 0.2) is 16.9 Å². The van der Waals surface area contributed by atoms with Gasteiger partial charge in [0.2, 0.25) is 5.91 Å². The van der Waals surface area contributed by atoms with Crippen LogP contribution in [0, 0.1) is 5.41 Å². The number of rotatable bonds is 3. The first-order valence-corrected chi connectivity index (χ1v) is 6.47. The molecule has 1 amide bonds. The molecule has 0 saturated carbocycles. The lowest BCUT2D eigenvalue weighted by molar-refractivity contribution is -0.131. The van der Waals surface area contributed by atoms with E-state index in [1.54, 1.807) is 17.1 Å². The molecule has 1 atom stereocenters. The van der Waals surface area contributed by atoms with Gasteiger partial charge in [-0.05, 0) is 34.3 Å². The average molecular weight is 301 g/mol. The Hall–Kier alpha value is -0.880. The first-order chi connectivity index (χ1) is 8.02. The smallest absolute Gasteiger partial charge is 0.244 e. The van der Waals surface area contributed by atoms with Crippen LogP contribution < -0.4 is 5.73 Å². The average Bonchev–Trinajstić information content (AvgIpc) is 2.86. The third-order valence-electron chi connectivity index (χ3n) is 3.30. The Morgan fingerprint density at radius 2 is 2.47 bits per heavy atom. The summed E-state index contributed by atoms with van der Waals surface area (Å²) in [7, 11) is 0. The molecule has 17 heavy (non-hydrogen) atoms. The Kier molecular flexibility index (Phi) is 3.53. The van der Waals surface area contributed by atoms with Gasteiger partial charge in [-0.1, -0.05) is 6.92 Å². The van der Waals surface area contributed by atoms with Gasteiger partial charge in [0.05, 0.1) is 10.7 Å². The summed E-state index contributed by atoms with van der Waals surface area (Å²) in [5.74, 6) is 0.109. The Labute approximate surface area is 109 Å². The van der Waals surface area contributed by atoms with Gasteiger partial charge in [-0.25, -0.2) is 0 Å². The minimum absolute atomic E-state index is 0.0837. The minimum Gasteiger partial charge on any atom is -0.340 e. The van der Waals surface area contributed by atoms with Gasteiger partial charge in [-0.15, -0.1) is 0 Å². The van der Waals surface area contributed by atoms with E-state index in [1.807, 2.05) is 4.90 Å². The van der Waals surface area contributed by atoms with Gasteiger partial charge in [0, 0.05) is 19.3 Å². The predicted molar refractivity (Wildman–Crippen MR) is 68.3 cm³/mol. The maximum atomic E-state index is 12.0. The topological polar surface area (TPSA) is 64.2 Å². The van der Waals surface area contributed by atoms with Gasteiger partial charge in [-0.2, -0.15) is 5.10 Å². The fraction of sp³-hybridized carbons (Fsp3) is 0.636. The lowest BCUT2D eigenvalue weighted by Crippen LogP contribution is -2.36. The molecular weight excluding hydrogens is 284 g/mol. The van der Waals surface area contributed by atoms with E-state index in [4.69, 9.17) is 5.73 Å². The molecule has 1 aliphatic rings. The van der Waals surface area contributed by atoms with Crippen molar-refractivity contribution in [2.24, 2.45) is 11.1 Å². The third-order valence-corrected chi connectivity index (χ3v) is 3.71. The second kappa shape index (κ2) is 4.78. The fourth-order valence-electron chi connectivity index (χ4n) is 2.07. The highest BCUT2D eigenvalue weighted by molar-refractivity contribution is 9.10. The summed E-state index contributed by atoms with van der Waals surface area (Å²) in [6.45, 7) is 4.61. The van der Waals surface area contributed by atoms with Crippen LogP contribution in [0.1, 0.15) is 13.3 Å². The second-order valence-corrected chi connectivity index (χ2v) is 5.85. The molecule has 0 aliphatic carbocycles. The zero-order chi connectivity index (χ0) is 12.5. The number of hydrogen-bond donors (Lipinski definition) is 1. The van der Waals surface area contributed by atoms with E-state index in [0.717, 1.165) is 24.0 Å². The van der Waals surface area contributed by atoms with Crippen molar-refractivity contribution < 1.29 is 4.79 Å². The van der Waals surface area contributed by atoms with Crippen molar-refractivity contribution in [3.8, 4) is 0 Å². The zero-order valence-electron chi connectivity index (χ0n) is 9.90. The van der Waals surface area contributed by atoms with E-state index in [1.165, 1.54) is 0 Å². The largest absolute Gasteiger partial charge is 0.340 e. The van der Waals surface area contributed by atoms with Crippen LogP contribution in [0.25, 0.3) is 0 Å². The van der Waals surface area contributed by atoms with Crippen molar-refractivity contribution in [2.45, 2.75) is 19.9 Å². The molecule has 2 heterocycles. The van der Waals surface area contributed by atoms with Crippen molar-refractivity contribution in [3.63, 3.8) is 0 Å². The zero-order valence-corrected chi connectivity index (χ0v) is 11.5. The molecule has 1 aliphatic heterocycles. The molecule has 0 aromatic carbocycles. The Bertz CT molecular complexity index is 419. The number of carbonyl (C=O) groups is 1. The lowest BCUT2D eigenvalue weighted by Gasteiger charge is -2.22. The van der Waals surface area contributed by atoms with Crippen LogP contribution in [0.4, 0.5) is 0 Å². The molecule has 6 heteroatoms. The number of hydrogen-bond acceptors (Lipinski definition) is 3. The van der Waals surface area contributed by atoms with Crippen LogP contribution in [0.5, 0.6) is 0 Å². The van der Waals surface area contributed by atoms with Crippen molar-refractivity contribution in [1.82, 2.24) is 14.7 Å². The predicted octanol–water partition coefficient (Wildman–Crippen LogP) is 0.843. The van der Waals surface area contributed by atoms with Crippen molar-refractivity contribution in [1.29, 1.82) is 0 Å². The first-order valence-electron chi connectivity index (χ1n) is 5.68. The molecule has 2 N–H and O–H groups in total. The molecule has 1 aromatic rings. The van der Waals surface area contributed by atoms with E-state index in [9.17, 15) is 4.79 Å². The number of carbonyl (C=O) groups excluding carboxylic acids is 1. The summed E-state index contributed by atoms with van der Waals surface area (Å²) in [5, 5.41) is 4.08. The van der Waals surface area contributed by atoms with E-state index >= 15 is 0 Å². The Morgan fingerprint density at radius 3 is 3.00 bits per heavy atom. The number of amides is 1. The number of halogens is 1. The van der Waals surface area contributed by atoms with E-state index in [-0.39, 0.29) is 11.3 Å². The molecule has 1 unspecified atom stereocenters. The summed E-state index contributed by atoms with van der Waals surface area (Å²) >= 11 is 3.31. The Morgan fingerprint density at radius 1 is 1.71 bits per heavy atom. The molecule has 1 fully saturated rings. The SMILES string of the molecule is CC1(CN)CCN(C(=O)Cn2cc(Br)cn2)C1. The standard InChI is InChI=1S/C11H17BrN4O/c1-11(7-13)2-3-15(8-11)10(17)6-16-5-9(12)4-14-16/h4-5H,2-3,6-8,13H2,1H3. The van der Waals surface area contributed by atoms with Crippen molar-refractivity contribution in [3.05, 3.63) is 16.9 Å². The molecule has 2 rings (SSSR count). The summed E-state index contributed by atoms with van der Waals surface area (Å²) in [4.78, 5) is 13.9. The van der Waals surface area contributed by atoms with E-state index in [0.29, 0.717) is 13.1 Å². The van der Waals surface area contributed by atoms with Crippen LogP contribution in [-0.2, 0) is 11.3 Å². The molecule has 0 bridgehead atoms. The highest BCUT2D eigenvalue weighted by Gasteiger charge is 2.34. The molecule has 0 spiro atoms. The first kappa shape index (κ1) is 12.6. The van der Waals surface area contributed by atoms with E-state index in [2.05, 4.69) is 28.0 Å². The number of aromatic nitrogens is 2. The highest BCUT2D eigenvalue weighted by Crippen LogP contribution is 2.28.